The van der Waals surface area contributed by atoms with E-state index in [-0.39, 0.29) is 0 Å². The molecule has 1 N–H and O–H groups in total. The van der Waals surface area contributed by atoms with Gasteiger partial charge in [0.15, 0.2) is 0 Å². The SMILES string of the molecule is CCCNC(C(C)CCOC)C1CN(CCC)CCO1. The van der Waals surface area contributed by atoms with Gasteiger partial charge in [0.05, 0.1) is 12.7 Å². The minimum absolute atomic E-state index is 0.314. The van der Waals surface area contributed by atoms with Gasteiger partial charge in [0.1, 0.15) is 0 Å². The quantitative estimate of drug-likeness (QED) is 0.667. The number of methoxy groups -OCH3 is 1. The van der Waals surface area contributed by atoms with Gasteiger partial charge in [0.2, 0.25) is 0 Å². The van der Waals surface area contributed by atoms with Gasteiger partial charge in [0.25, 0.3) is 0 Å². The van der Waals surface area contributed by atoms with Crippen molar-refractivity contribution < 1.29 is 9.47 Å². The lowest BCUT2D eigenvalue weighted by Crippen LogP contribution is -2.55. The largest absolute Gasteiger partial charge is 0.385 e. The van der Waals surface area contributed by atoms with Crippen molar-refractivity contribution in [2.24, 2.45) is 5.92 Å². The van der Waals surface area contributed by atoms with Gasteiger partial charge < -0.3 is 14.8 Å². The van der Waals surface area contributed by atoms with E-state index in [1.54, 1.807) is 7.11 Å². The van der Waals surface area contributed by atoms with Crippen LogP contribution in [0.4, 0.5) is 0 Å². The van der Waals surface area contributed by atoms with E-state index in [9.17, 15) is 0 Å². The molecule has 0 aromatic heterocycles. The van der Waals surface area contributed by atoms with Crippen LogP contribution in [0.5, 0.6) is 0 Å². The van der Waals surface area contributed by atoms with Gasteiger partial charge in [-0.3, -0.25) is 4.90 Å². The Bertz CT molecular complexity index is 237. The second-order valence-corrected chi connectivity index (χ2v) is 5.95. The van der Waals surface area contributed by atoms with Crippen molar-refractivity contribution >= 4 is 0 Å². The third-order valence-electron chi connectivity index (χ3n) is 4.14. The standard InChI is InChI=1S/C16H34N2O2/c1-5-8-17-16(14(3)7-11-19-4)15-13-18(9-6-2)10-12-20-15/h14-17H,5-13H2,1-4H3. The maximum atomic E-state index is 6.07. The number of hydrogen-bond donors (Lipinski definition) is 1. The Hall–Kier alpha value is -0.160. The monoisotopic (exact) mass is 286 g/mol. The topological polar surface area (TPSA) is 33.7 Å². The minimum Gasteiger partial charge on any atom is -0.385 e. The van der Waals surface area contributed by atoms with Gasteiger partial charge in [0, 0.05) is 32.8 Å². The summed E-state index contributed by atoms with van der Waals surface area (Å²) < 4.78 is 11.3. The lowest BCUT2D eigenvalue weighted by molar-refractivity contribution is -0.0568. The zero-order valence-electron chi connectivity index (χ0n) is 13.9. The molecule has 1 saturated heterocycles. The normalized spacial score (nSPS) is 23.7. The predicted octanol–water partition coefficient (Wildman–Crippen LogP) is 2.14. The second kappa shape index (κ2) is 10.6. The highest BCUT2D eigenvalue weighted by atomic mass is 16.5. The maximum absolute atomic E-state index is 6.07. The van der Waals surface area contributed by atoms with Crippen molar-refractivity contribution in [1.29, 1.82) is 0 Å². The van der Waals surface area contributed by atoms with Crippen molar-refractivity contribution in [2.45, 2.75) is 52.2 Å². The molecule has 1 fully saturated rings. The summed E-state index contributed by atoms with van der Waals surface area (Å²) in [6, 6.07) is 0.435. The summed E-state index contributed by atoms with van der Waals surface area (Å²) in [5.41, 5.74) is 0. The molecule has 0 aromatic rings. The number of nitrogens with one attached hydrogen (secondary N) is 1. The number of ether oxygens (including phenoxy) is 2. The van der Waals surface area contributed by atoms with E-state index in [0.29, 0.717) is 18.1 Å². The molecule has 4 heteroatoms. The van der Waals surface area contributed by atoms with Crippen LogP contribution in [-0.4, -0.2) is 63.5 Å². The maximum Gasteiger partial charge on any atom is 0.0857 e. The van der Waals surface area contributed by atoms with Crippen LogP contribution in [0.25, 0.3) is 0 Å². The molecule has 1 aliphatic heterocycles. The van der Waals surface area contributed by atoms with E-state index < -0.39 is 0 Å². The first kappa shape index (κ1) is 17.9. The summed E-state index contributed by atoms with van der Waals surface area (Å²) in [6.07, 6.45) is 3.79. The number of nitrogens with zero attached hydrogens (tertiary/aromatic N) is 1. The Labute approximate surface area is 125 Å². The number of rotatable bonds is 10. The number of hydrogen-bond acceptors (Lipinski definition) is 4. The third kappa shape index (κ3) is 6.08. The molecule has 0 spiro atoms. The van der Waals surface area contributed by atoms with Crippen molar-refractivity contribution in [3.63, 3.8) is 0 Å². The van der Waals surface area contributed by atoms with Crippen LogP contribution >= 0.6 is 0 Å². The summed E-state index contributed by atoms with van der Waals surface area (Å²) in [5.74, 6) is 0.577. The third-order valence-corrected chi connectivity index (χ3v) is 4.14. The molecule has 120 valence electrons. The van der Waals surface area contributed by atoms with Gasteiger partial charge in [-0.25, -0.2) is 0 Å². The molecular formula is C16H34N2O2. The first-order valence-electron chi connectivity index (χ1n) is 8.29. The second-order valence-electron chi connectivity index (χ2n) is 5.95. The van der Waals surface area contributed by atoms with Crippen molar-refractivity contribution in [3.8, 4) is 0 Å². The molecular weight excluding hydrogens is 252 g/mol. The highest BCUT2D eigenvalue weighted by molar-refractivity contribution is 4.86. The smallest absolute Gasteiger partial charge is 0.0857 e. The summed E-state index contributed by atoms with van der Waals surface area (Å²) in [5, 5.41) is 3.70. The first-order valence-corrected chi connectivity index (χ1v) is 8.29. The Balaban J connectivity index is 2.55. The zero-order valence-corrected chi connectivity index (χ0v) is 13.9. The van der Waals surface area contributed by atoms with Crippen LogP contribution in [0.1, 0.15) is 40.0 Å². The Morgan fingerprint density at radius 1 is 1.35 bits per heavy atom. The number of morpholine rings is 1. The molecule has 4 nitrogen and oxygen atoms in total. The van der Waals surface area contributed by atoms with E-state index in [1.165, 1.54) is 19.4 Å². The fourth-order valence-corrected chi connectivity index (χ4v) is 2.96. The molecule has 3 unspecified atom stereocenters. The fourth-order valence-electron chi connectivity index (χ4n) is 2.96. The van der Waals surface area contributed by atoms with Crippen molar-refractivity contribution in [1.82, 2.24) is 10.2 Å². The summed E-state index contributed by atoms with van der Waals surface area (Å²) in [6.45, 7) is 12.9. The average Bonchev–Trinajstić information content (AvgIpc) is 2.46. The van der Waals surface area contributed by atoms with Crippen molar-refractivity contribution in [2.75, 3.05) is 46.5 Å². The van der Waals surface area contributed by atoms with Crippen LogP contribution < -0.4 is 5.32 Å². The van der Waals surface area contributed by atoms with Crippen LogP contribution in [0.15, 0.2) is 0 Å². The molecule has 1 heterocycles. The van der Waals surface area contributed by atoms with Crippen LogP contribution in [0.2, 0.25) is 0 Å². The molecule has 0 radical (unpaired) electrons. The van der Waals surface area contributed by atoms with Gasteiger partial charge >= 0.3 is 0 Å². The zero-order chi connectivity index (χ0) is 14.8. The first-order chi connectivity index (χ1) is 9.72. The molecule has 20 heavy (non-hydrogen) atoms. The summed E-state index contributed by atoms with van der Waals surface area (Å²) in [7, 11) is 1.78. The summed E-state index contributed by atoms with van der Waals surface area (Å²) >= 11 is 0. The lowest BCUT2D eigenvalue weighted by atomic mass is 9.92. The molecule has 0 bridgehead atoms. The highest BCUT2D eigenvalue weighted by Crippen LogP contribution is 2.18. The van der Waals surface area contributed by atoms with Crippen LogP contribution in [0, 0.1) is 5.92 Å². The average molecular weight is 286 g/mol. The van der Waals surface area contributed by atoms with E-state index in [0.717, 1.165) is 39.3 Å². The predicted molar refractivity (Wildman–Crippen MR) is 84.2 cm³/mol. The van der Waals surface area contributed by atoms with Gasteiger partial charge in [-0.05, 0) is 38.3 Å². The van der Waals surface area contributed by atoms with Crippen molar-refractivity contribution in [3.05, 3.63) is 0 Å². The molecule has 1 aliphatic rings. The van der Waals surface area contributed by atoms with Crippen LogP contribution in [0.3, 0.4) is 0 Å². The van der Waals surface area contributed by atoms with Crippen LogP contribution in [-0.2, 0) is 9.47 Å². The van der Waals surface area contributed by atoms with Gasteiger partial charge in [-0.1, -0.05) is 20.8 Å². The molecule has 1 rings (SSSR count). The fraction of sp³-hybridized carbons (Fsp3) is 1.00. The van der Waals surface area contributed by atoms with E-state index in [1.807, 2.05) is 0 Å². The molecule has 0 aliphatic carbocycles. The van der Waals surface area contributed by atoms with E-state index in [2.05, 4.69) is 31.0 Å². The minimum atomic E-state index is 0.314. The van der Waals surface area contributed by atoms with E-state index >= 15 is 0 Å². The molecule has 3 atom stereocenters. The Morgan fingerprint density at radius 3 is 2.80 bits per heavy atom. The Morgan fingerprint density at radius 2 is 2.15 bits per heavy atom. The van der Waals surface area contributed by atoms with Gasteiger partial charge in [-0.2, -0.15) is 0 Å². The van der Waals surface area contributed by atoms with Gasteiger partial charge in [-0.15, -0.1) is 0 Å². The highest BCUT2D eigenvalue weighted by Gasteiger charge is 2.30. The summed E-state index contributed by atoms with van der Waals surface area (Å²) in [4.78, 5) is 2.54. The Kier molecular flexibility index (Phi) is 9.44. The molecule has 0 amide bonds. The lowest BCUT2D eigenvalue weighted by Gasteiger charge is -2.39. The van der Waals surface area contributed by atoms with E-state index in [4.69, 9.17) is 9.47 Å². The molecule has 0 saturated carbocycles. The molecule has 0 aromatic carbocycles.